The first-order valence-corrected chi connectivity index (χ1v) is 9.90. The Morgan fingerprint density at radius 3 is 1.88 bits per heavy atom. The summed E-state index contributed by atoms with van der Waals surface area (Å²) in [5.41, 5.74) is -2.43. The molecule has 0 heterocycles. The van der Waals surface area contributed by atoms with Crippen LogP contribution in [0, 0.1) is 11.6 Å². The Kier molecular flexibility index (Phi) is 8.29. The van der Waals surface area contributed by atoms with Crippen LogP contribution in [0.15, 0.2) is 48.5 Å². The number of carbonyl (C=O) groups is 2. The quantitative estimate of drug-likeness (QED) is 0.468. The van der Waals surface area contributed by atoms with Crippen molar-refractivity contribution in [3.8, 4) is 0 Å². The number of ether oxygens (including phenoxy) is 3. The molecule has 0 saturated carbocycles. The lowest BCUT2D eigenvalue weighted by molar-refractivity contribution is -0.190. The van der Waals surface area contributed by atoms with Crippen LogP contribution in [0.3, 0.4) is 0 Å². The van der Waals surface area contributed by atoms with Crippen LogP contribution in [0.4, 0.5) is 13.6 Å². The summed E-state index contributed by atoms with van der Waals surface area (Å²) in [6, 6.07) is 10.7. The predicted molar refractivity (Wildman–Crippen MR) is 111 cm³/mol. The van der Waals surface area contributed by atoms with Gasteiger partial charge in [-0.3, -0.25) is 5.32 Å². The fraction of sp³-hybridized carbons (Fsp3) is 0.391. The number of amides is 1. The van der Waals surface area contributed by atoms with Gasteiger partial charge in [0.15, 0.2) is 0 Å². The second-order valence-corrected chi connectivity index (χ2v) is 8.18. The lowest BCUT2D eigenvalue weighted by Gasteiger charge is -2.33. The molecular formula is C23H27F2NO6. The number of hydrogen-bond donors (Lipinski definition) is 2. The van der Waals surface area contributed by atoms with Crippen molar-refractivity contribution in [3.63, 3.8) is 0 Å². The van der Waals surface area contributed by atoms with Gasteiger partial charge in [0.2, 0.25) is 0 Å². The Bertz CT molecular complexity index is 912. The van der Waals surface area contributed by atoms with Gasteiger partial charge >= 0.3 is 12.1 Å². The Balaban J connectivity index is 2.13. The van der Waals surface area contributed by atoms with Crippen LogP contribution in [-0.2, 0) is 32.2 Å². The maximum absolute atomic E-state index is 13.1. The molecule has 2 aromatic carbocycles. The number of esters is 1. The van der Waals surface area contributed by atoms with E-state index in [9.17, 15) is 23.5 Å². The molecule has 32 heavy (non-hydrogen) atoms. The summed E-state index contributed by atoms with van der Waals surface area (Å²) in [6.45, 7) is 5.86. The molecule has 0 unspecified atom stereocenters. The van der Waals surface area contributed by atoms with Crippen LogP contribution in [-0.4, -0.2) is 34.6 Å². The summed E-state index contributed by atoms with van der Waals surface area (Å²) in [5.74, 6) is -2.07. The summed E-state index contributed by atoms with van der Waals surface area (Å²) in [6.07, 6.45) is -2.34. The molecule has 2 rings (SSSR count). The van der Waals surface area contributed by atoms with Crippen LogP contribution in [0.2, 0.25) is 0 Å². The SMILES string of the molecule is C[C@H](OCc1ccc(F)cc1)[C@@](O)(NC(=O)OC(C)(C)C)C(=O)OCc1ccc(F)cc1. The second-order valence-electron chi connectivity index (χ2n) is 8.18. The van der Waals surface area contributed by atoms with Gasteiger partial charge in [-0.2, -0.15) is 0 Å². The lowest BCUT2D eigenvalue weighted by atomic mass is 10.1. The fourth-order valence-electron chi connectivity index (χ4n) is 2.54. The van der Waals surface area contributed by atoms with Crippen molar-refractivity contribution >= 4 is 12.1 Å². The predicted octanol–water partition coefficient (Wildman–Crippen LogP) is 3.83. The van der Waals surface area contributed by atoms with E-state index in [1.54, 1.807) is 20.8 Å². The average Bonchev–Trinajstić information content (AvgIpc) is 2.70. The van der Waals surface area contributed by atoms with E-state index in [4.69, 9.17) is 14.2 Å². The molecule has 7 nitrogen and oxygen atoms in total. The van der Waals surface area contributed by atoms with Crippen LogP contribution in [0.25, 0.3) is 0 Å². The van der Waals surface area contributed by atoms with Crippen molar-refractivity contribution in [2.75, 3.05) is 0 Å². The molecule has 0 bridgehead atoms. The molecule has 0 aliphatic heterocycles. The first-order chi connectivity index (χ1) is 14.9. The normalized spacial score (nSPS) is 14.2. The van der Waals surface area contributed by atoms with Crippen LogP contribution < -0.4 is 5.32 Å². The average molecular weight is 451 g/mol. The summed E-state index contributed by atoms with van der Waals surface area (Å²) in [7, 11) is 0. The van der Waals surface area contributed by atoms with Gasteiger partial charge in [0.1, 0.15) is 29.9 Å². The minimum atomic E-state index is -2.59. The molecule has 0 aromatic heterocycles. The number of alkyl carbamates (subject to hydrolysis) is 1. The number of aliphatic hydroxyl groups is 1. The summed E-state index contributed by atoms with van der Waals surface area (Å²) in [4.78, 5) is 25.0. The summed E-state index contributed by atoms with van der Waals surface area (Å²) in [5, 5.41) is 13.1. The zero-order valence-corrected chi connectivity index (χ0v) is 18.4. The zero-order chi connectivity index (χ0) is 23.9. The Morgan fingerprint density at radius 1 is 0.938 bits per heavy atom. The number of halogens is 2. The van der Waals surface area contributed by atoms with Crippen molar-refractivity contribution in [3.05, 3.63) is 71.3 Å². The highest BCUT2D eigenvalue weighted by atomic mass is 19.1. The molecule has 0 fully saturated rings. The molecule has 1 amide bonds. The van der Waals surface area contributed by atoms with Crippen molar-refractivity contribution in [1.29, 1.82) is 0 Å². The first-order valence-electron chi connectivity index (χ1n) is 9.90. The van der Waals surface area contributed by atoms with Crippen molar-refractivity contribution in [1.82, 2.24) is 5.32 Å². The summed E-state index contributed by atoms with van der Waals surface area (Å²) < 4.78 is 42.0. The van der Waals surface area contributed by atoms with Gasteiger partial charge in [-0.25, -0.2) is 18.4 Å². The van der Waals surface area contributed by atoms with Crippen molar-refractivity contribution in [2.24, 2.45) is 0 Å². The number of nitrogens with one attached hydrogen (secondary N) is 1. The highest BCUT2D eigenvalue weighted by Crippen LogP contribution is 2.19. The highest BCUT2D eigenvalue weighted by molar-refractivity contribution is 5.84. The maximum atomic E-state index is 13.1. The minimum absolute atomic E-state index is 0.0784. The van der Waals surface area contributed by atoms with E-state index in [-0.39, 0.29) is 13.2 Å². The Labute approximate surface area is 185 Å². The number of carbonyl (C=O) groups excluding carboxylic acids is 2. The molecule has 174 valence electrons. The van der Waals surface area contributed by atoms with Crippen LogP contribution in [0.5, 0.6) is 0 Å². The van der Waals surface area contributed by atoms with Gasteiger partial charge in [0.05, 0.1) is 6.61 Å². The Hall–Kier alpha value is -3.04. The van der Waals surface area contributed by atoms with E-state index in [2.05, 4.69) is 5.32 Å². The number of benzene rings is 2. The smallest absolute Gasteiger partial charge is 0.410 e. The molecule has 0 saturated heterocycles. The third-order valence-corrected chi connectivity index (χ3v) is 4.29. The van der Waals surface area contributed by atoms with Crippen LogP contribution in [0.1, 0.15) is 38.8 Å². The van der Waals surface area contributed by atoms with Crippen molar-refractivity contribution < 1.29 is 37.7 Å². The molecule has 0 aliphatic carbocycles. The first kappa shape index (κ1) is 25.2. The molecule has 9 heteroatoms. The number of rotatable bonds is 8. The molecule has 0 aliphatic rings. The van der Waals surface area contributed by atoms with Gasteiger partial charge in [0, 0.05) is 0 Å². The third-order valence-electron chi connectivity index (χ3n) is 4.29. The fourth-order valence-corrected chi connectivity index (χ4v) is 2.54. The van der Waals surface area contributed by atoms with Gasteiger partial charge in [0.25, 0.3) is 5.72 Å². The van der Waals surface area contributed by atoms with E-state index in [0.717, 1.165) is 0 Å². The monoisotopic (exact) mass is 451 g/mol. The molecule has 2 aromatic rings. The lowest BCUT2D eigenvalue weighted by Crippen LogP contribution is -2.63. The van der Waals surface area contributed by atoms with Crippen molar-refractivity contribution in [2.45, 2.75) is 58.3 Å². The largest absolute Gasteiger partial charge is 0.457 e. The van der Waals surface area contributed by atoms with Gasteiger partial charge in [-0.15, -0.1) is 0 Å². The molecule has 2 atom stereocenters. The standard InChI is InChI=1S/C23H27F2NO6/c1-15(30-13-16-5-9-18(24)10-6-16)23(29,26-21(28)32-22(2,3)4)20(27)31-14-17-7-11-19(25)12-8-17/h5-12,15,29H,13-14H2,1-4H3,(H,26,28)/t15-,23-/m0/s1. The summed E-state index contributed by atoms with van der Waals surface area (Å²) >= 11 is 0. The zero-order valence-electron chi connectivity index (χ0n) is 18.4. The second kappa shape index (κ2) is 10.5. The van der Waals surface area contributed by atoms with E-state index in [1.165, 1.54) is 55.5 Å². The van der Waals surface area contributed by atoms with Gasteiger partial charge < -0.3 is 19.3 Å². The van der Waals surface area contributed by atoms with Gasteiger partial charge in [-0.1, -0.05) is 24.3 Å². The molecule has 0 spiro atoms. The van der Waals surface area contributed by atoms with E-state index < -0.39 is 41.1 Å². The molecule has 0 radical (unpaired) electrons. The van der Waals surface area contributed by atoms with Crippen LogP contribution >= 0.6 is 0 Å². The molecular weight excluding hydrogens is 424 g/mol. The minimum Gasteiger partial charge on any atom is -0.457 e. The molecule has 2 N–H and O–H groups in total. The maximum Gasteiger partial charge on any atom is 0.410 e. The third kappa shape index (κ3) is 7.58. The Morgan fingerprint density at radius 2 is 1.41 bits per heavy atom. The highest BCUT2D eigenvalue weighted by Gasteiger charge is 2.47. The number of hydrogen-bond acceptors (Lipinski definition) is 6. The topological polar surface area (TPSA) is 94.1 Å². The van der Waals surface area contributed by atoms with Gasteiger partial charge in [-0.05, 0) is 63.1 Å². The van der Waals surface area contributed by atoms with E-state index >= 15 is 0 Å². The van der Waals surface area contributed by atoms with E-state index in [1.807, 2.05) is 0 Å². The van der Waals surface area contributed by atoms with E-state index in [0.29, 0.717) is 11.1 Å².